The molecule has 0 unspecified atom stereocenters. The fourth-order valence-corrected chi connectivity index (χ4v) is 4.16. The van der Waals surface area contributed by atoms with Gasteiger partial charge in [0.2, 0.25) is 5.91 Å². The van der Waals surface area contributed by atoms with Crippen LogP contribution in [-0.2, 0) is 4.79 Å². The molecule has 34 heavy (non-hydrogen) atoms. The first-order valence-electron chi connectivity index (χ1n) is 10.5. The van der Waals surface area contributed by atoms with Gasteiger partial charge in [-0.1, -0.05) is 23.4 Å². The first-order chi connectivity index (χ1) is 16.4. The lowest BCUT2D eigenvalue weighted by Crippen LogP contribution is -2.15. The Labute approximate surface area is 207 Å². The third-order valence-corrected chi connectivity index (χ3v) is 6.25. The van der Waals surface area contributed by atoms with Crippen molar-refractivity contribution in [1.82, 2.24) is 14.8 Å². The predicted molar refractivity (Wildman–Crippen MR) is 138 cm³/mol. The van der Waals surface area contributed by atoms with E-state index in [4.69, 9.17) is 16.3 Å². The Hall–Kier alpha value is -3.49. The van der Waals surface area contributed by atoms with Crippen LogP contribution in [0.4, 0.5) is 11.4 Å². The van der Waals surface area contributed by atoms with Gasteiger partial charge in [0.25, 0.3) is 0 Å². The van der Waals surface area contributed by atoms with E-state index in [1.807, 2.05) is 96.4 Å². The van der Waals surface area contributed by atoms with Crippen LogP contribution < -0.4 is 15.0 Å². The van der Waals surface area contributed by atoms with Crippen LogP contribution in [0.2, 0.25) is 5.02 Å². The highest BCUT2D eigenvalue weighted by Crippen LogP contribution is 2.29. The number of amides is 1. The van der Waals surface area contributed by atoms with Crippen molar-refractivity contribution in [2.75, 3.05) is 37.2 Å². The van der Waals surface area contributed by atoms with Gasteiger partial charge in [-0.2, -0.15) is 0 Å². The number of ether oxygens (including phenoxy) is 1. The number of hydrogen-bond acceptors (Lipinski definition) is 6. The van der Waals surface area contributed by atoms with E-state index in [0.29, 0.717) is 16.0 Å². The van der Waals surface area contributed by atoms with Gasteiger partial charge in [0.15, 0.2) is 11.0 Å². The van der Waals surface area contributed by atoms with E-state index >= 15 is 0 Å². The summed E-state index contributed by atoms with van der Waals surface area (Å²) in [4.78, 5) is 14.6. The first-order valence-corrected chi connectivity index (χ1v) is 11.9. The van der Waals surface area contributed by atoms with Crippen LogP contribution in [-0.4, -0.2) is 47.6 Å². The third-order valence-electron chi connectivity index (χ3n) is 5.07. The van der Waals surface area contributed by atoms with Crippen LogP contribution in [0, 0.1) is 0 Å². The number of aromatic nitrogens is 3. The summed E-state index contributed by atoms with van der Waals surface area (Å²) in [7, 11) is 5.57. The van der Waals surface area contributed by atoms with Crippen molar-refractivity contribution in [1.29, 1.82) is 0 Å². The number of halogens is 1. The highest BCUT2D eigenvalue weighted by molar-refractivity contribution is 7.99. The Balaban J connectivity index is 1.55. The van der Waals surface area contributed by atoms with Crippen molar-refractivity contribution in [3.8, 4) is 22.8 Å². The van der Waals surface area contributed by atoms with Crippen molar-refractivity contribution in [2.45, 2.75) is 5.16 Å². The molecule has 0 atom stereocenters. The Morgan fingerprint density at radius 3 is 2.29 bits per heavy atom. The maximum atomic E-state index is 12.6. The molecule has 0 fully saturated rings. The normalized spacial score (nSPS) is 10.7. The zero-order valence-electron chi connectivity index (χ0n) is 19.0. The maximum absolute atomic E-state index is 12.6. The largest absolute Gasteiger partial charge is 0.497 e. The molecule has 0 radical (unpaired) electrons. The second-order valence-corrected chi connectivity index (χ2v) is 9.00. The van der Waals surface area contributed by atoms with Gasteiger partial charge in [-0.3, -0.25) is 9.36 Å². The van der Waals surface area contributed by atoms with Gasteiger partial charge in [0.05, 0.1) is 12.9 Å². The second-order valence-electron chi connectivity index (χ2n) is 7.62. The maximum Gasteiger partial charge on any atom is 0.234 e. The Bertz CT molecular complexity index is 1260. The van der Waals surface area contributed by atoms with E-state index in [2.05, 4.69) is 15.5 Å². The van der Waals surface area contributed by atoms with Gasteiger partial charge in [0.1, 0.15) is 5.75 Å². The van der Waals surface area contributed by atoms with E-state index in [9.17, 15) is 4.79 Å². The number of hydrogen-bond donors (Lipinski definition) is 1. The van der Waals surface area contributed by atoms with Crippen molar-refractivity contribution < 1.29 is 9.53 Å². The molecule has 1 heterocycles. The van der Waals surface area contributed by atoms with Crippen LogP contribution >= 0.6 is 23.4 Å². The molecule has 3 aromatic carbocycles. The molecular formula is C25H24ClN5O2S. The van der Waals surface area contributed by atoms with Crippen LogP contribution in [0.1, 0.15) is 0 Å². The van der Waals surface area contributed by atoms with E-state index in [0.717, 1.165) is 28.4 Å². The molecule has 0 aliphatic heterocycles. The zero-order valence-corrected chi connectivity index (χ0v) is 20.6. The van der Waals surface area contributed by atoms with Crippen LogP contribution in [0.25, 0.3) is 17.1 Å². The quantitative estimate of drug-likeness (QED) is 0.332. The summed E-state index contributed by atoms with van der Waals surface area (Å²) in [5.74, 6) is 1.47. The molecule has 0 aliphatic rings. The molecule has 0 bridgehead atoms. The highest BCUT2D eigenvalue weighted by Gasteiger charge is 2.17. The van der Waals surface area contributed by atoms with Crippen molar-refractivity contribution in [2.24, 2.45) is 0 Å². The lowest BCUT2D eigenvalue weighted by Gasteiger charge is -2.13. The molecule has 4 rings (SSSR count). The van der Waals surface area contributed by atoms with Gasteiger partial charge < -0.3 is 15.0 Å². The molecule has 0 aliphatic carbocycles. The SMILES string of the molecule is COc1ccc(-n2c(SCC(=O)Nc3ccc(N(C)C)cc3)nnc2-c2ccc(Cl)cc2)cc1. The number of carbonyl (C=O) groups is 1. The summed E-state index contributed by atoms with van der Waals surface area (Å²) in [6.07, 6.45) is 0. The smallest absolute Gasteiger partial charge is 0.234 e. The summed E-state index contributed by atoms with van der Waals surface area (Å²) in [5.41, 5.74) is 3.53. The summed E-state index contributed by atoms with van der Waals surface area (Å²) < 4.78 is 7.21. The minimum absolute atomic E-state index is 0.125. The van der Waals surface area contributed by atoms with E-state index in [1.54, 1.807) is 7.11 Å². The molecule has 1 amide bonds. The van der Waals surface area contributed by atoms with Gasteiger partial charge in [-0.25, -0.2) is 0 Å². The minimum atomic E-state index is -0.125. The van der Waals surface area contributed by atoms with E-state index in [1.165, 1.54) is 11.8 Å². The topological polar surface area (TPSA) is 72.3 Å². The average Bonchev–Trinajstić information content (AvgIpc) is 3.27. The van der Waals surface area contributed by atoms with Gasteiger partial charge in [0, 0.05) is 41.7 Å². The Morgan fingerprint density at radius 1 is 1.00 bits per heavy atom. The Morgan fingerprint density at radius 2 is 1.68 bits per heavy atom. The van der Waals surface area contributed by atoms with Gasteiger partial charge in [-0.15, -0.1) is 10.2 Å². The van der Waals surface area contributed by atoms with E-state index in [-0.39, 0.29) is 11.7 Å². The number of methoxy groups -OCH3 is 1. The lowest BCUT2D eigenvalue weighted by molar-refractivity contribution is -0.113. The fourth-order valence-electron chi connectivity index (χ4n) is 3.28. The van der Waals surface area contributed by atoms with Gasteiger partial charge >= 0.3 is 0 Å². The van der Waals surface area contributed by atoms with Crippen LogP contribution in [0.5, 0.6) is 5.75 Å². The molecule has 7 nitrogen and oxygen atoms in total. The van der Waals surface area contributed by atoms with Crippen molar-refractivity contribution in [3.05, 3.63) is 77.8 Å². The van der Waals surface area contributed by atoms with Gasteiger partial charge in [-0.05, 0) is 72.8 Å². The molecule has 1 N–H and O–H groups in total. The zero-order chi connectivity index (χ0) is 24.1. The molecule has 174 valence electrons. The first kappa shape index (κ1) is 23.7. The monoisotopic (exact) mass is 493 g/mol. The summed E-state index contributed by atoms with van der Waals surface area (Å²) in [5, 5.41) is 13.0. The van der Waals surface area contributed by atoms with Crippen molar-refractivity contribution >= 4 is 40.6 Å². The molecule has 0 saturated carbocycles. The molecular weight excluding hydrogens is 470 g/mol. The molecule has 9 heteroatoms. The number of rotatable bonds is 8. The molecule has 0 saturated heterocycles. The number of nitrogens with zero attached hydrogens (tertiary/aromatic N) is 4. The highest BCUT2D eigenvalue weighted by atomic mass is 35.5. The predicted octanol–water partition coefficient (Wildman–Crippen LogP) is 5.39. The standard InChI is InChI=1S/C25H24ClN5O2S/c1-30(2)20-10-8-19(9-11-20)27-23(32)16-34-25-29-28-24(17-4-6-18(26)7-5-17)31(25)21-12-14-22(33-3)15-13-21/h4-15H,16H2,1-3H3,(H,27,32). The number of thioether (sulfide) groups is 1. The lowest BCUT2D eigenvalue weighted by atomic mass is 10.2. The molecule has 4 aromatic rings. The van der Waals surface area contributed by atoms with Crippen LogP contribution in [0.15, 0.2) is 78.0 Å². The van der Waals surface area contributed by atoms with Crippen LogP contribution in [0.3, 0.4) is 0 Å². The number of anilines is 2. The average molecular weight is 494 g/mol. The number of benzene rings is 3. The molecule has 1 aromatic heterocycles. The minimum Gasteiger partial charge on any atom is -0.497 e. The number of nitrogens with one attached hydrogen (secondary N) is 1. The second kappa shape index (κ2) is 10.6. The summed E-state index contributed by atoms with van der Waals surface area (Å²) in [6, 6.07) is 22.7. The number of carbonyl (C=O) groups excluding carboxylic acids is 1. The summed E-state index contributed by atoms with van der Waals surface area (Å²) in [6.45, 7) is 0. The molecule has 0 spiro atoms. The summed E-state index contributed by atoms with van der Waals surface area (Å²) >= 11 is 7.38. The van der Waals surface area contributed by atoms with E-state index < -0.39 is 0 Å². The van der Waals surface area contributed by atoms with Crippen molar-refractivity contribution in [3.63, 3.8) is 0 Å². The fraction of sp³-hybridized carbons (Fsp3) is 0.160. The Kier molecular flexibility index (Phi) is 7.40. The third kappa shape index (κ3) is 5.52.